The van der Waals surface area contributed by atoms with Crippen LogP contribution in [-0.4, -0.2) is 39.2 Å². The minimum absolute atomic E-state index is 0.130. The number of aliphatic hydroxyl groups excluding tert-OH is 2. The van der Waals surface area contributed by atoms with E-state index in [9.17, 15) is 9.90 Å². The molecule has 0 saturated carbocycles. The molecule has 1 rings (SSSR count). The summed E-state index contributed by atoms with van der Waals surface area (Å²) >= 11 is 3.21. The summed E-state index contributed by atoms with van der Waals surface area (Å²) in [7, 11) is 0. The molecule has 1 aromatic rings. The van der Waals surface area contributed by atoms with Crippen molar-refractivity contribution in [1.29, 1.82) is 0 Å². The fourth-order valence-electron chi connectivity index (χ4n) is 1.42. The molecule has 1 aromatic heterocycles. The predicted molar refractivity (Wildman–Crippen MR) is 72.7 cm³/mol. The van der Waals surface area contributed by atoms with Gasteiger partial charge in [-0.15, -0.1) is 0 Å². The summed E-state index contributed by atoms with van der Waals surface area (Å²) in [5.74, 6) is 0. The second kappa shape index (κ2) is 7.50. The van der Waals surface area contributed by atoms with Gasteiger partial charge in [-0.1, -0.05) is 6.92 Å². The lowest BCUT2D eigenvalue weighted by Gasteiger charge is -2.11. The van der Waals surface area contributed by atoms with Crippen LogP contribution in [0.1, 0.15) is 19.8 Å². The van der Waals surface area contributed by atoms with Crippen LogP contribution in [0.25, 0.3) is 0 Å². The van der Waals surface area contributed by atoms with Crippen LogP contribution in [0.15, 0.2) is 15.5 Å². The smallest absolute Gasteiger partial charge is 0.283 e. The number of anilines is 1. The van der Waals surface area contributed by atoms with Crippen LogP contribution in [0.2, 0.25) is 0 Å². The lowest BCUT2D eigenvalue weighted by molar-refractivity contribution is 0.164. The highest BCUT2D eigenvalue weighted by atomic mass is 79.9. The minimum atomic E-state index is -0.334. The second-order valence-electron chi connectivity index (χ2n) is 3.90. The van der Waals surface area contributed by atoms with E-state index in [1.807, 2.05) is 6.92 Å². The van der Waals surface area contributed by atoms with E-state index in [4.69, 9.17) is 5.11 Å². The first-order chi connectivity index (χ1) is 8.60. The Morgan fingerprint density at radius 3 is 2.94 bits per heavy atom. The van der Waals surface area contributed by atoms with Crippen molar-refractivity contribution in [3.8, 4) is 0 Å². The number of halogens is 1. The zero-order valence-corrected chi connectivity index (χ0v) is 11.9. The van der Waals surface area contributed by atoms with E-state index in [-0.39, 0.29) is 24.8 Å². The van der Waals surface area contributed by atoms with Gasteiger partial charge in [0.15, 0.2) is 0 Å². The maximum Gasteiger partial charge on any atom is 0.283 e. The van der Waals surface area contributed by atoms with Gasteiger partial charge < -0.3 is 15.5 Å². The lowest BCUT2D eigenvalue weighted by atomic mass is 10.2. The molecular formula is C11H18BrN3O3. The Morgan fingerprint density at radius 2 is 2.33 bits per heavy atom. The van der Waals surface area contributed by atoms with Crippen LogP contribution >= 0.6 is 15.9 Å². The van der Waals surface area contributed by atoms with Crippen molar-refractivity contribution in [1.82, 2.24) is 9.78 Å². The number of nitrogens with one attached hydrogen (secondary N) is 1. The molecule has 7 heteroatoms. The van der Waals surface area contributed by atoms with Crippen molar-refractivity contribution in [3.05, 3.63) is 21.0 Å². The van der Waals surface area contributed by atoms with Gasteiger partial charge in [0.2, 0.25) is 0 Å². The first-order valence-corrected chi connectivity index (χ1v) is 6.67. The van der Waals surface area contributed by atoms with Crippen LogP contribution in [0.5, 0.6) is 0 Å². The summed E-state index contributed by atoms with van der Waals surface area (Å²) in [6.45, 7) is 2.53. The van der Waals surface area contributed by atoms with Gasteiger partial charge in [0.05, 0.1) is 31.1 Å². The molecule has 0 bridgehead atoms. The molecule has 1 heterocycles. The van der Waals surface area contributed by atoms with Gasteiger partial charge in [0, 0.05) is 6.54 Å². The maximum atomic E-state index is 11.8. The normalized spacial score (nSPS) is 12.4. The van der Waals surface area contributed by atoms with Gasteiger partial charge in [0.1, 0.15) is 4.47 Å². The van der Waals surface area contributed by atoms with E-state index < -0.39 is 0 Å². The quantitative estimate of drug-likeness (QED) is 0.684. The molecule has 0 aliphatic rings. The number of aromatic nitrogens is 2. The molecule has 6 nitrogen and oxygen atoms in total. The van der Waals surface area contributed by atoms with Gasteiger partial charge in [-0.25, -0.2) is 4.68 Å². The average molecular weight is 320 g/mol. The highest BCUT2D eigenvalue weighted by molar-refractivity contribution is 9.10. The molecule has 102 valence electrons. The molecule has 0 fully saturated rings. The van der Waals surface area contributed by atoms with Crippen molar-refractivity contribution in [2.24, 2.45) is 0 Å². The van der Waals surface area contributed by atoms with Gasteiger partial charge in [0.25, 0.3) is 5.56 Å². The van der Waals surface area contributed by atoms with Gasteiger partial charge in [-0.3, -0.25) is 4.79 Å². The Labute approximate surface area is 114 Å². The third-order valence-electron chi connectivity index (χ3n) is 2.56. The summed E-state index contributed by atoms with van der Waals surface area (Å²) < 4.78 is 1.58. The molecule has 0 aliphatic carbocycles. The molecule has 0 radical (unpaired) electrons. The van der Waals surface area contributed by atoms with Crippen LogP contribution < -0.4 is 10.9 Å². The molecule has 1 atom stereocenters. The highest BCUT2D eigenvalue weighted by Crippen LogP contribution is 2.16. The third-order valence-corrected chi connectivity index (χ3v) is 3.33. The number of nitrogens with zero attached hydrogens (tertiary/aromatic N) is 2. The Balaban J connectivity index is 2.68. The highest BCUT2D eigenvalue weighted by Gasteiger charge is 2.08. The minimum Gasteiger partial charge on any atom is -0.394 e. The van der Waals surface area contributed by atoms with Crippen molar-refractivity contribution < 1.29 is 10.2 Å². The molecule has 3 N–H and O–H groups in total. The lowest BCUT2D eigenvalue weighted by Crippen LogP contribution is -2.26. The molecule has 0 saturated heterocycles. The first-order valence-electron chi connectivity index (χ1n) is 5.88. The van der Waals surface area contributed by atoms with E-state index in [1.165, 1.54) is 10.9 Å². The maximum absolute atomic E-state index is 11.8. The Bertz CT molecular complexity index is 436. The Morgan fingerprint density at radius 1 is 1.61 bits per heavy atom. The topological polar surface area (TPSA) is 87.4 Å². The molecule has 18 heavy (non-hydrogen) atoms. The second-order valence-corrected chi connectivity index (χ2v) is 4.69. The molecule has 0 aromatic carbocycles. The van der Waals surface area contributed by atoms with Crippen LogP contribution in [-0.2, 0) is 6.54 Å². The summed E-state index contributed by atoms with van der Waals surface area (Å²) in [4.78, 5) is 11.8. The van der Waals surface area contributed by atoms with Gasteiger partial charge in [-0.05, 0) is 28.8 Å². The van der Waals surface area contributed by atoms with E-state index in [2.05, 4.69) is 26.3 Å². The Hall–Kier alpha value is -0.920. The van der Waals surface area contributed by atoms with E-state index in [0.29, 0.717) is 29.5 Å². The monoisotopic (exact) mass is 319 g/mol. The van der Waals surface area contributed by atoms with Crippen LogP contribution in [0.4, 0.5) is 5.69 Å². The van der Waals surface area contributed by atoms with Crippen LogP contribution in [0, 0.1) is 0 Å². The number of rotatable bonds is 7. The van der Waals surface area contributed by atoms with E-state index >= 15 is 0 Å². The van der Waals surface area contributed by atoms with Crippen molar-refractivity contribution in [2.75, 3.05) is 18.5 Å². The molecule has 0 aliphatic heterocycles. The summed E-state index contributed by atoms with van der Waals surface area (Å²) in [6.07, 6.45) is 2.51. The molecule has 0 amide bonds. The standard InChI is InChI=1S/C11H18BrN3O3/c1-2-8(17)3-4-13-9-7-14-15(5-6-16)11(18)10(9)12/h7-8,13,16-17H,2-6H2,1H3. The fourth-order valence-corrected chi connectivity index (χ4v) is 1.87. The van der Waals surface area contributed by atoms with Gasteiger partial charge >= 0.3 is 0 Å². The third kappa shape index (κ3) is 4.08. The zero-order chi connectivity index (χ0) is 13.5. The van der Waals surface area contributed by atoms with Crippen molar-refractivity contribution in [2.45, 2.75) is 32.4 Å². The summed E-state index contributed by atoms with van der Waals surface area (Å²) in [5, 5.41) is 25.2. The van der Waals surface area contributed by atoms with Crippen molar-refractivity contribution in [3.63, 3.8) is 0 Å². The molecular weight excluding hydrogens is 302 g/mol. The summed E-state index contributed by atoms with van der Waals surface area (Å²) in [5.41, 5.74) is 0.308. The van der Waals surface area contributed by atoms with E-state index in [1.54, 1.807) is 0 Å². The van der Waals surface area contributed by atoms with Gasteiger partial charge in [-0.2, -0.15) is 5.10 Å². The predicted octanol–water partition coefficient (Wildman–Crippen LogP) is 0.571. The fraction of sp³-hybridized carbons (Fsp3) is 0.636. The average Bonchev–Trinajstić information content (AvgIpc) is 2.37. The summed E-state index contributed by atoms with van der Waals surface area (Å²) in [6, 6.07) is 0. The largest absolute Gasteiger partial charge is 0.394 e. The number of hydrogen-bond acceptors (Lipinski definition) is 5. The molecule has 0 spiro atoms. The number of hydrogen-bond donors (Lipinski definition) is 3. The van der Waals surface area contributed by atoms with Crippen molar-refractivity contribution >= 4 is 21.6 Å². The number of aliphatic hydroxyl groups is 2. The van der Waals surface area contributed by atoms with E-state index in [0.717, 1.165) is 0 Å². The molecule has 1 unspecified atom stereocenters. The zero-order valence-electron chi connectivity index (χ0n) is 10.3. The SMILES string of the molecule is CCC(O)CCNc1cnn(CCO)c(=O)c1Br. The van der Waals surface area contributed by atoms with Crippen LogP contribution in [0.3, 0.4) is 0 Å². The first kappa shape index (κ1) is 15.1. The Kier molecular flexibility index (Phi) is 6.31.